The molecule has 1 aliphatic rings. The van der Waals surface area contributed by atoms with Gasteiger partial charge in [0.15, 0.2) is 0 Å². The molecule has 2 rings (SSSR count). The number of benzene rings is 1. The first-order valence-electron chi connectivity index (χ1n) is 5.25. The van der Waals surface area contributed by atoms with E-state index in [1.807, 2.05) is 0 Å². The number of carbonyl (C=O) groups excluding carboxylic acids is 1. The molecule has 1 aromatic rings. The molecule has 0 saturated carbocycles. The average molecular weight is 204 g/mol. The zero-order valence-corrected chi connectivity index (χ0v) is 8.50. The maximum atomic E-state index is 13.5. The van der Waals surface area contributed by atoms with Gasteiger partial charge in [0.05, 0.1) is 0 Å². The second-order valence-corrected chi connectivity index (χ2v) is 3.83. The van der Waals surface area contributed by atoms with Crippen LogP contribution in [0.15, 0.2) is 24.3 Å². The first-order valence-corrected chi connectivity index (χ1v) is 5.25. The van der Waals surface area contributed by atoms with Crippen molar-refractivity contribution in [2.75, 3.05) is 0 Å². The largest absolute Gasteiger partial charge is 0.298 e. The van der Waals surface area contributed by atoms with Gasteiger partial charge in [-0.25, -0.2) is 4.39 Å². The highest BCUT2D eigenvalue weighted by molar-refractivity contribution is 5.78. The van der Waals surface area contributed by atoms with E-state index >= 15 is 0 Å². The van der Waals surface area contributed by atoms with Crippen molar-refractivity contribution < 1.29 is 9.18 Å². The minimum atomic E-state index is -0.228. The Bertz CT molecular complexity index is 407. The fourth-order valence-corrected chi connectivity index (χ4v) is 1.95. The first-order chi connectivity index (χ1) is 7.31. The molecule has 0 amide bonds. The summed E-state index contributed by atoms with van der Waals surface area (Å²) in [5.41, 5.74) is 2.18. The molecule has 0 aliphatic heterocycles. The molecule has 0 radical (unpaired) electrons. The van der Waals surface area contributed by atoms with E-state index in [9.17, 15) is 9.18 Å². The SMILES string of the molecule is O=Cc1ccc(F)c(C2=CCCCC2)c1. The monoisotopic (exact) mass is 204 g/mol. The van der Waals surface area contributed by atoms with Crippen LogP contribution in [-0.2, 0) is 0 Å². The van der Waals surface area contributed by atoms with Crippen LogP contribution < -0.4 is 0 Å². The Labute approximate surface area is 88.6 Å². The van der Waals surface area contributed by atoms with Crippen molar-refractivity contribution in [3.05, 3.63) is 41.2 Å². The molecule has 0 bridgehead atoms. The predicted octanol–water partition coefficient (Wildman–Crippen LogP) is 3.60. The normalized spacial score (nSPS) is 15.9. The lowest BCUT2D eigenvalue weighted by Gasteiger charge is -2.13. The molecule has 1 nitrogen and oxygen atoms in total. The lowest BCUT2D eigenvalue weighted by molar-refractivity contribution is 0.112. The van der Waals surface area contributed by atoms with Gasteiger partial charge in [-0.2, -0.15) is 0 Å². The highest BCUT2D eigenvalue weighted by atomic mass is 19.1. The van der Waals surface area contributed by atoms with E-state index in [1.165, 1.54) is 18.6 Å². The van der Waals surface area contributed by atoms with Crippen molar-refractivity contribution in [2.24, 2.45) is 0 Å². The quantitative estimate of drug-likeness (QED) is 0.673. The van der Waals surface area contributed by atoms with E-state index in [1.54, 1.807) is 6.07 Å². The van der Waals surface area contributed by atoms with Gasteiger partial charge >= 0.3 is 0 Å². The molecule has 1 aliphatic carbocycles. The van der Waals surface area contributed by atoms with Crippen LogP contribution in [0.1, 0.15) is 41.6 Å². The summed E-state index contributed by atoms with van der Waals surface area (Å²) < 4.78 is 13.5. The summed E-state index contributed by atoms with van der Waals surface area (Å²) in [7, 11) is 0. The molecule has 0 atom stereocenters. The van der Waals surface area contributed by atoms with Gasteiger partial charge in [-0.05, 0) is 49.5 Å². The van der Waals surface area contributed by atoms with Crippen LogP contribution >= 0.6 is 0 Å². The van der Waals surface area contributed by atoms with Crippen LogP contribution in [0, 0.1) is 5.82 Å². The number of hydrogen-bond donors (Lipinski definition) is 0. The van der Waals surface area contributed by atoms with Crippen molar-refractivity contribution in [2.45, 2.75) is 25.7 Å². The summed E-state index contributed by atoms with van der Waals surface area (Å²) in [6.07, 6.45) is 7.05. The predicted molar refractivity (Wildman–Crippen MR) is 58.2 cm³/mol. The lowest BCUT2D eigenvalue weighted by atomic mass is 9.92. The van der Waals surface area contributed by atoms with Crippen molar-refractivity contribution in [3.8, 4) is 0 Å². The van der Waals surface area contributed by atoms with Crippen LogP contribution in [0.4, 0.5) is 4.39 Å². The molecule has 1 aromatic carbocycles. The highest BCUT2D eigenvalue weighted by Gasteiger charge is 2.11. The van der Waals surface area contributed by atoms with Gasteiger partial charge in [0.2, 0.25) is 0 Å². The smallest absolute Gasteiger partial charge is 0.150 e. The van der Waals surface area contributed by atoms with E-state index < -0.39 is 0 Å². The number of aldehydes is 1. The van der Waals surface area contributed by atoms with Crippen LogP contribution in [0.2, 0.25) is 0 Å². The van der Waals surface area contributed by atoms with E-state index in [2.05, 4.69) is 6.08 Å². The second kappa shape index (κ2) is 4.39. The lowest BCUT2D eigenvalue weighted by Crippen LogP contribution is -1.96. The third kappa shape index (κ3) is 2.14. The van der Waals surface area contributed by atoms with Gasteiger partial charge in [-0.3, -0.25) is 4.79 Å². The van der Waals surface area contributed by atoms with Gasteiger partial charge < -0.3 is 0 Å². The zero-order chi connectivity index (χ0) is 10.7. The Hall–Kier alpha value is -1.44. The van der Waals surface area contributed by atoms with Crippen LogP contribution in [-0.4, -0.2) is 6.29 Å². The maximum absolute atomic E-state index is 13.5. The van der Waals surface area contributed by atoms with Crippen LogP contribution in [0.3, 0.4) is 0 Å². The van der Waals surface area contributed by atoms with E-state index in [0.29, 0.717) is 11.1 Å². The molecule has 0 fully saturated rings. The fraction of sp³-hybridized carbons (Fsp3) is 0.308. The van der Waals surface area contributed by atoms with Gasteiger partial charge in [0, 0.05) is 11.1 Å². The van der Waals surface area contributed by atoms with Gasteiger partial charge in [0.1, 0.15) is 12.1 Å². The summed E-state index contributed by atoms with van der Waals surface area (Å²) in [5, 5.41) is 0. The number of halogens is 1. The Morgan fingerprint density at radius 2 is 2.13 bits per heavy atom. The number of hydrogen-bond acceptors (Lipinski definition) is 1. The Morgan fingerprint density at radius 1 is 1.27 bits per heavy atom. The molecule has 0 aromatic heterocycles. The Morgan fingerprint density at radius 3 is 2.80 bits per heavy atom. The van der Waals surface area contributed by atoms with Gasteiger partial charge in [-0.1, -0.05) is 6.08 Å². The first kappa shape index (κ1) is 10.1. The van der Waals surface area contributed by atoms with Crippen LogP contribution in [0.5, 0.6) is 0 Å². The molecule has 78 valence electrons. The summed E-state index contributed by atoms with van der Waals surface area (Å²) >= 11 is 0. The molecule has 0 heterocycles. The van der Waals surface area contributed by atoms with Crippen molar-refractivity contribution >= 4 is 11.9 Å². The number of allylic oxidation sites excluding steroid dienone is 2. The van der Waals surface area contributed by atoms with Crippen molar-refractivity contribution in [1.82, 2.24) is 0 Å². The Kier molecular flexibility index (Phi) is 2.95. The van der Waals surface area contributed by atoms with E-state index in [4.69, 9.17) is 0 Å². The molecular formula is C13H13FO. The minimum absolute atomic E-state index is 0.228. The standard InChI is InChI=1S/C13H13FO/c14-13-7-6-10(9-15)8-12(13)11-4-2-1-3-5-11/h4,6-9H,1-3,5H2. The Balaban J connectivity index is 2.41. The number of carbonyl (C=O) groups is 1. The average Bonchev–Trinajstić information content (AvgIpc) is 2.31. The molecular weight excluding hydrogens is 191 g/mol. The van der Waals surface area contributed by atoms with Gasteiger partial charge in [0.25, 0.3) is 0 Å². The minimum Gasteiger partial charge on any atom is -0.298 e. The van der Waals surface area contributed by atoms with E-state index in [-0.39, 0.29) is 5.82 Å². The van der Waals surface area contributed by atoms with Crippen molar-refractivity contribution in [3.63, 3.8) is 0 Å². The highest BCUT2D eigenvalue weighted by Crippen LogP contribution is 2.28. The maximum Gasteiger partial charge on any atom is 0.150 e. The molecule has 2 heteroatoms. The van der Waals surface area contributed by atoms with E-state index in [0.717, 1.165) is 31.1 Å². The van der Waals surface area contributed by atoms with Gasteiger partial charge in [-0.15, -0.1) is 0 Å². The summed E-state index contributed by atoms with van der Waals surface area (Å²) in [5.74, 6) is -0.228. The molecule has 0 N–H and O–H groups in total. The second-order valence-electron chi connectivity index (χ2n) is 3.83. The molecule has 0 unspecified atom stereocenters. The third-order valence-electron chi connectivity index (χ3n) is 2.76. The summed E-state index contributed by atoms with van der Waals surface area (Å²) in [6, 6.07) is 4.52. The van der Waals surface area contributed by atoms with Crippen LogP contribution in [0.25, 0.3) is 5.57 Å². The topological polar surface area (TPSA) is 17.1 Å². The zero-order valence-electron chi connectivity index (χ0n) is 8.50. The van der Waals surface area contributed by atoms with Crippen molar-refractivity contribution in [1.29, 1.82) is 0 Å². The summed E-state index contributed by atoms with van der Waals surface area (Å²) in [4.78, 5) is 10.6. The fourth-order valence-electron chi connectivity index (χ4n) is 1.95. The molecule has 0 spiro atoms. The molecule has 15 heavy (non-hydrogen) atoms. The molecule has 0 saturated heterocycles. The number of rotatable bonds is 2. The third-order valence-corrected chi connectivity index (χ3v) is 2.76. The summed E-state index contributed by atoms with van der Waals surface area (Å²) in [6.45, 7) is 0.